The highest BCUT2D eigenvalue weighted by Crippen LogP contribution is 2.09. The maximum Gasteiger partial charge on any atom is 0.238 e. The third-order valence-corrected chi connectivity index (χ3v) is 3.42. The van der Waals surface area contributed by atoms with E-state index in [0.717, 1.165) is 5.56 Å². The number of sulfonamides is 1. The number of benzene rings is 1. The molecule has 0 aromatic heterocycles. The third kappa shape index (κ3) is 7.60. The molecule has 0 aliphatic heterocycles. The molecule has 21 heavy (non-hydrogen) atoms. The lowest BCUT2D eigenvalue weighted by atomic mass is 10.2. The van der Waals surface area contributed by atoms with Gasteiger partial charge in [0.2, 0.25) is 10.0 Å². The molecule has 1 atom stereocenters. The molecule has 9 heteroatoms. The van der Waals surface area contributed by atoms with Crippen molar-refractivity contribution in [3.63, 3.8) is 0 Å². The number of rotatable bonds is 6. The average molecular weight is 428 g/mol. The summed E-state index contributed by atoms with van der Waals surface area (Å²) in [7, 11) is -2.05. The molecule has 0 aliphatic carbocycles. The number of halogens is 1. The molecule has 1 aromatic carbocycles. The Kier molecular flexibility index (Phi) is 8.78. The number of nitrogens with zero attached hydrogens (tertiary/aromatic N) is 1. The van der Waals surface area contributed by atoms with Crippen LogP contribution in [0.2, 0.25) is 0 Å². The normalized spacial score (nSPS) is 13.4. The summed E-state index contributed by atoms with van der Waals surface area (Å²) in [6, 6.07) is 6.24. The number of primary sulfonamides is 1. The minimum Gasteiger partial charge on any atom is -0.383 e. The van der Waals surface area contributed by atoms with E-state index in [-0.39, 0.29) is 34.9 Å². The average Bonchev–Trinajstić information content (AvgIpc) is 2.36. The molecular formula is C12H21IN4O3S. The van der Waals surface area contributed by atoms with Crippen molar-refractivity contribution in [1.82, 2.24) is 5.32 Å². The minimum absolute atomic E-state index is 0. The van der Waals surface area contributed by atoms with E-state index in [1.807, 2.05) is 6.92 Å². The van der Waals surface area contributed by atoms with Gasteiger partial charge in [-0.1, -0.05) is 12.1 Å². The van der Waals surface area contributed by atoms with Crippen LogP contribution in [0.25, 0.3) is 0 Å². The van der Waals surface area contributed by atoms with E-state index >= 15 is 0 Å². The largest absolute Gasteiger partial charge is 0.383 e. The molecule has 0 spiro atoms. The predicted molar refractivity (Wildman–Crippen MR) is 93.0 cm³/mol. The number of hydrogen-bond donors (Lipinski definition) is 3. The van der Waals surface area contributed by atoms with Crippen LogP contribution >= 0.6 is 24.0 Å². The smallest absolute Gasteiger partial charge is 0.238 e. The van der Waals surface area contributed by atoms with E-state index < -0.39 is 10.0 Å². The first-order chi connectivity index (χ1) is 9.32. The van der Waals surface area contributed by atoms with Gasteiger partial charge in [-0.25, -0.2) is 18.5 Å². The number of aliphatic imine (C=N–C) groups is 1. The van der Waals surface area contributed by atoms with Crippen molar-refractivity contribution < 1.29 is 13.2 Å². The topological polar surface area (TPSA) is 120 Å². The molecule has 0 saturated heterocycles. The molecule has 7 nitrogen and oxygen atoms in total. The maximum atomic E-state index is 11.1. The van der Waals surface area contributed by atoms with Crippen LogP contribution in [0.15, 0.2) is 34.2 Å². The van der Waals surface area contributed by atoms with Crippen molar-refractivity contribution >= 4 is 40.0 Å². The van der Waals surface area contributed by atoms with Crippen molar-refractivity contribution in [2.24, 2.45) is 15.9 Å². The monoisotopic (exact) mass is 428 g/mol. The summed E-state index contributed by atoms with van der Waals surface area (Å²) in [6.07, 6.45) is 0. The summed E-state index contributed by atoms with van der Waals surface area (Å²) in [5.74, 6) is 0.310. The molecule has 1 unspecified atom stereocenters. The van der Waals surface area contributed by atoms with E-state index in [0.29, 0.717) is 19.1 Å². The highest BCUT2D eigenvalue weighted by molar-refractivity contribution is 14.0. The van der Waals surface area contributed by atoms with Crippen LogP contribution in [0, 0.1) is 0 Å². The maximum absolute atomic E-state index is 11.1. The molecule has 0 amide bonds. The Morgan fingerprint density at radius 3 is 2.43 bits per heavy atom. The summed E-state index contributed by atoms with van der Waals surface area (Å²) in [5.41, 5.74) is 6.55. The Balaban J connectivity index is 0.00000400. The van der Waals surface area contributed by atoms with E-state index in [2.05, 4.69) is 10.3 Å². The van der Waals surface area contributed by atoms with Gasteiger partial charge in [-0.15, -0.1) is 24.0 Å². The molecule has 0 radical (unpaired) electrons. The van der Waals surface area contributed by atoms with E-state index in [4.69, 9.17) is 15.6 Å². The fraction of sp³-hybridized carbons (Fsp3) is 0.417. The molecule has 0 aliphatic rings. The second kappa shape index (κ2) is 9.18. The zero-order valence-corrected chi connectivity index (χ0v) is 15.1. The molecule has 0 bridgehead atoms. The quantitative estimate of drug-likeness (QED) is 0.344. The number of hydrogen-bond acceptors (Lipinski definition) is 4. The molecule has 0 saturated carbocycles. The lowest BCUT2D eigenvalue weighted by Gasteiger charge is -2.13. The van der Waals surface area contributed by atoms with Crippen molar-refractivity contribution in [2.75, 3.05) is 13.7 Å². The number of nitrogens with one attached hydrogen (secondary N) is 1. The van der Waals surface area contributed by atoms with Gasteiger partial charge < -0.3 is 15.8 Å². The Morgan fingerprint density at radius 1 is 1.38 bits per heavy atom. The summed E-state index contributed by atoms with van der Waals surface area (Å²) in [6.45, 7) is 2.80. The van der Waals surface area contributed by atoms with E-state index in [1.165, 1.54) is 12.1 Å². The van der Waals surface area contributed by atoms with E-state index in [1.54, 1.807) is 19.2 Å². The van der Waals surface area contributed by atoms with E-state index in [9.17, 15) is 8.42 Å². The fourth-order valence-corrected chi connectivity index (χ4v) is 2.07. The number of ether oxygens (including phenoxy) is 1. The minimum atomic E-state index is -3.66. The van der Waals surface area contributed by atoms with Gasteiger partial charge in [-0.3, -0.25) is 0 Å². The van der Waals surface area contributed by atoms with Gasteiger partial charge >= 0.3 is 0 Å². The highest BCUT2D eigenvalue weighted by Gasteiger charge is 2.06. The molecular weight excluding hydrogens is 407 g/mol. The molecule has 1 rings (SSSR count). The Morgan fingerprint density at radius 2 is 1.95 bits per heavy atom. The second-order valence-electron chi connectivity index (χ2n) is 4.39. The third-order valence-electron chi connectivity index (χ3n) is 2.49. The summed E-state index contributed by atoms with van der Waals surface area (Å²) in [4.78, 5) is 4.23. The fourth-order valence-electron chi connectivity index (χ4n) is 1.55. The zero-order chi connectivity index (χ0) is 15.2. The van der Waals surface area contributed by atoms with Crippen molar-refractivity contribution in [3.8, 4) is 0 Å². The number of nitrogens with two attached hydrogens (primary N) is 2. The lowest BCUT2D eigenvalue weighted by Crippen LogP contribution is -2.40. The molecule has 1 aromatic rings. The molecule has 0 heterocycles. The summed E-state index contributed by atoms with van der Waals surface area (Å²) >= 11 is 0. The van der Waals surface area contributed by atoms with Crippen LogP contribution in [0.1, 0.15) is 12.5 Å². The Labute approximate surface area is 142 Å². The SMILES string of the molecule is COCC(C)NC(N)=NCc1ccc(S(N)(=O)=O)cc1.I. The summed E-state index contributed by atoms with van der Waals surface area (Å²) < 4.78 is 27.2. The van der Waals surface area contributed by atoms with Crippen LogP contribution in [0.4, 0.5) is 0 Å². The van der Waals surface area contributed by atoms with Crippen LogP contribution in [-0.4, -0.2) is 34.1 Å². The first kappa shape index (κ1) is 20.1. The van der Waals surface area contributed by atoms with Gasteiger partial charge in [0.1, 0.15) is 0 Å². The molecule has 0 fully saturated rings. The van der Waals surface area contributed by atoms with Gasteiger partial charge in [0.05, 0.1) is 18.0 Å². The first-order valence-corrected chi connectivity index (χ1v) is 7.54. The van der Waals surface area contributed by atoms with Gasteiger partial charge in [0, 0.05) is 13.2 Å². The number of guanidine groups is 1. The van der Waals surface area contributed by atoms with Gasteiger partial charge in [0.25, 0.3) is 0 Å². The summed E-state index contributed by atoms with van der Waals surface area (Å²) in [5, 5.41) is 7.99. The van der Waals surface area contributed by atoms with Crippen LogP contribution < -0.4 is 16.2 Å². The van der Waals surface area contributed by atoms with Gasteiger partial charge in [-0.2, -0.15) is 0 Å². The van der Waals surface area contributed by atoms with Crippen LogP contribution in [-0.2, 0) is 21.3 Å². The van der Waals surface area contributed by atoms with Crippen molar-refractivity contribution in [2.45, 2.75) is 24.4 Å². The number of methoxy groups -OCH3 is 1. The Hall–Kier alpha value is -0.910. The standard InChI is InChI=1S/C12H20N4O3S.HI/c1-9(8-19-2)16-12(13)15-7-10-3-5-11(6-4-10)20(14,17)18;/h3-6,9H,7-8H2,1-2H3,(H3,13,15,16)(H2,14,17,18);1H. The van der Waals surface area contributed by atoms with Gasteiger partial charge in [0.15, 0.2) is 5.96 Å². The first-order valence-electron chi connectivity index (χ1n) is 6.00. The highest BCUT2D eigenvalue weighted by atomic mass is 127. The lowest BCUT2D eigenvalue weighted by molar-refractivity contribution is 0.179. The molecule has 120 valence electrons. The Bertz CT molecular complexity index is 560. The molecule has 5 N–H and O–H groups in total. The predicted octanol–water partition coefficient (Wildman–Crippen LogP) is 0.391. The second-order valence-corrected chi connectivity index (χ2v) is 5.95. The van der Waals surface area contributed by atoms with Crippen LogP contribution in [0.5, 0.6) is 0 Å². The van der Waals surface area contributed by atoms with Crippen LogP contribution in [0.3, 0.4) is 0 Å². The van der Waals surface area contributed by atoms with Gasteiger partial charge in [-0.05, 0) is 24.6 Å². The van der Waals surface area contributed by atoms with Crippen molar-refractivity contribution in [1.29, 1.82) is 0 Å². The van der Waals surface area contributed by atoms with Crippen molar-refractivity contribution in [3.05, 3.63) is 29.8 Å². The zero-order valence-electron chi connectivity index (χ0n) is 11.9.